The number of fused-ring (bicyclic) bond motifs is 5. The van der Waals surface area contributed by atoms with Gasteiger partial charge in [-0.3, -0.25) is 0 Å². The SMILES string of the molecule is COCCSc1nnc2c3c4c(sc3nc(SC(C)C)n12)CCC[C@H]4C. The van der Waals surface area contributed by atoms with Crippen LogP contribution < -0.4 is 0 Å². The summed E-state index contributed by atoms with van der Waals surface area (Å²) in [6, 6.07) is 0. The number of hydrogen-bond donors (Lipinski definition) is 0. The molecule has 0 fully saturated rings. The highest BCUT2D eigenvalue weighted by Crippen LogP contribution is 2.44. The fourth-order valence-electron chi connectivity index (χ4n) is 3.53. The molecule has 0 unspecified atom stereocenters. The smallest absolute Gasteiger partial charge is 0.197 e. The first kappa shape index (κ1) is 18.5. The first-order valence-electron chi connectivity index (χ1n) is 9.09. The van der Waals surface area contributed by atoms with Gasteiger partial charge in [-0.05, 0) is 30.7 Å². The van der Waals surface area contributed by atoms with Crippen LogP contribution in [0, 0.1) is 0 Å². The Morgan fingerprint density at radius 2 is 2.15 bits per heavy atom. The van der Waals surface area contributed by atoms with Crippen molar-refractivity contribution in [3.05, 3.63) is 10.4 Å². The first-order chi connectivity index (χ1) is 12.6. The van der Waals surface area contributed by atoms with E-state index in [1.807, 2.05) is 11.3 Å². The highest BCUT2D eigenvalue weighted by molar-refractivity contribution is 8.00. The minimum Gasteiger partial charge on any atom is -0.384 e. The topological polar surface area (TPSA) is 52.3 Å². The number of hydrogen-bond acceptors (Lipinski definition) is 7. The van der Waals surface area contributed by atoms with E-state index < -0.39 is 0 Å². The van der Waals surface area contributed by atoms with Crippen molar-refractivity contribution in [1.82, 2.24) is 19.6 Å². The van der Waals surface area contributed by atoms with Crippen molar-refractivity contribution >= 4 is 50.7 Å². The highest BCUT2D eigenvalue weighted by atomic mass is 32.2. The second kappa shape index (κ2) is 7.66. The van der Waals surface area contributed by atoms with Gasteiger partial charge in [-0.15, -0.1) is 21.5 Å². The van der Waals surface area contributed by atoms with Crippen LogP contribution >= 0.6 is 34.9 Å². The van der Waals surface area contributed by atoms with Crippen LogP contribution in [-0.4, -0.2) is 44.3 Å². The van der Waals surface area contributed by atoms with E-state index in [2.05, 4.69) is 35.4 Å². The van der Waals surface area contributed by atoms with E-state index in [1.54, 1.807) is 30.6 Å². The molecule has 0 spiro atoms. The van der Waals surface area contributed by atoms with Crippen LogP contribution in [0.25, 0.3) is 15.9 Å². The Bertz CT molecular complexity index is 934. The summed E-state index contributed by atoms with van der Waals surface area (Å²) >= 11 is 5.33. The molecule has 0 saturated carbocycles. The van der Waals surface area contributed by atoms with Gasteiger partial charge in [0.25, 0.3) is 0 Å². The molecule has 0 radical (unpaired) electrons. The molecule has 8 heteroatoms. The summed E-state index contributed by atoms with van der Waals surface area (Å²) in [6.07, 6.45) is 3.69. The van der Waals surface area contributed by atoms with Crippen molar-refractivity contribution in [3.63, 3.8) is 0 Å². The number of thiophene rings is 1. The maximum Gasteiger partial charge on any atom is 0.197 e. The molecule has 5 nitrogen and oxygen atoms in total. The largest absolute Gasteiger partial charge is 0.384 e. The molecular weight excluding hydrogens is 384 g/mol. The predicted molar refractivity (Wildman–Crippen MR) is 111 cm³/mol. The molecule has 0 saturated heterocycles. The Morgan fingerprint density at radius 3 is 2.92 bits per heavy atom. The Morgan fingerprint density at radius 1 is 1.31 bits per heavy atom. The molecule has 140 valence electrons. The standard InChI is InChI=1S/C18H24N4OS3/c1-10(2)25-17-19-16-14(13-11(3)6-5-7-12(13)26-16)15-20-21-18(22(15)17)24-9-8-23-4/h10-11H,5-9H2,1-4H3/t11-/m1/s1. The summed E-state index contributed by atoms with van der Waals surface area (Å²) in [6.45, 7) is 7.44. The van der Waals surface area contributed by atoms with Gasteiger partial charge in [0.2, 0.25) is 0 Å². The molecule has 1 atom stereocenters. The average Bonchev–Trinajstić information content (AvgIpc) is 3.16. The molecule has 4 rings (SSSR count). The maximum absolute atomic E-state index is 5.20. The maximum atomic E-state index is 5.20. The lowest BCUT2D eigenvalue weighted by molar-refractivity contribution is 0.218. The molecule has 0 amide bonds. The van der Waals surface area contributed by atoms with E-state index in [-0.39, 0.29) is 0 Å². The van der Waals surface area contributed by atoms with Crippen molar-refractivity contribution in [3.8, 4) is 0 Å². The molecule has 0 aromatic carbocycles. The Balaban J connectivity index is 1.93. The number of aromatic nitrogens is 4. The van der Waals surface area contributed by atoms with E-state index in [0.29, 0.717) is 17.8 Å². The molecule has 3 heterocycles. The first-order valence-corrected chi connectivity index (χ1v) is 11.8. The third-order valence-corrected chi connectivity index (χ3v) is 7.65. The Hall–Kier alpha value is -0.830. The van der Waals surface area contributed by atoms with Gasteiger partial charge < -0.3 is 4.74 Å². The lowest BCUT2D eigenvalue weighted by atomic mass is 9.87. The zero-order chi connectivity index (χ0) is 18.3. The van der Waals surface area contributed by atoms with Crippen LogP contribution in [0.1, 0.15) is 50.0 Å². The summed E-state index contributed by atoms with van der Waals surface area (Å²) in [7, 11) is 1.73. The van der Waals surface area contributed by atoms with Crippen LogP contribution in [0.5, 0.6) is 0 Å². The lowest BCUT2D eigenvalue weighted by Crippen LogP contribution is -2.05. The van der Waals surface area contributed by atoms with Gasteiger partial charge in [0, 0.05) is 23.0 Å². The van der Waals surface area contributed by atoms with Crippen LogP contribution in [0.4, 0.5) is 0 Å². The zero-order valence-corrected chi connectivity index (χ0v) is 18.1. The molecule has 0 N–H and O–H groups in total. The molecule has 3 aromatic rings. The number of aryl methyl sites for hydroxylation is 1. The fraction of sp³-hybridized carbons (Fsp3) is 0.611. The number of methoxy groups -OCH3 is 1. The highest BCUT2D eigenvalue weighted by Gasteiger charge is 2.27. The predicted octanol–water partition coefficient (Wildman–Crippen LogP) is 5.02. The molecule has 1 aliphatic carbocycles. The Labute approximate surface area is 166 Å². The van der Waals surface area contributed by atoms with Crippen LogP contribution in [0.15, 0.2) is 10.3 Å². The van der Waals surface area contributed by atoms with Crippen molar-refractivity contribution in [2.75, 3.05) is 19.5 Å². The van der Waals surface area contributed by atoms with Crippen molar-refractivity contribution < 1.29 is 4.74 Å². The van der Waals surface area contributed by atoms with Crippen molar-refractivity contribution in [2.24, 2.45) is 0 Å². The molecule has 1 aliphatic rings. The number of rotatable bonds is 6. The summed E-state index contributed by atoms with van der Waals surface area (Å²) in [5, 5.41) is 12.7. The summed E-state index contributed by atoms with van der Waals surface area (Å²) in [5.74, 6) is 1.43. The third-order valence-electron chi connectivity index (χ3n) is 4.64. The van der Waals surface area contributed by atoms with Crippen molar-refractivity contribution in [1.29, 1.82) is 0 Å². The van der Waals surface area contributed by atoms with Gasteiger partial charge in [-0.25, -0.2) is 9.38 Å². The third kappa shape index (κ3) is 3.25. The van der Waals surface area contributed by atoms with Gasteiger partial charge in [-0.2, -0.15) is 0 Å². The fourth-order valence-corrected chi connectivity index (χ4v) is 6.65. The average molecular weight is 409 g/mol. The van der Waals surface area contributed by atoms with E-state index in [0.717, 1.165) is 26.5 Å². The van der Waals surface area contributed by atoms with Gasteiger partial charge in [0.05, 0.1) is 12.0 Å². The summed E-state index contributed by atoms with van der Waals surface area (Å²) in [5.41, 5.74) is 2.44. The van der Waals surface area contributed by atoms with E-state index in [1.165, 1.54) is 35.1 Å². The molecular formula is C18H24N4OS3. The van der Waals surface area contributed by atoms with Crippen LogP contribution in [0.3, 0.4) is 0 Å². The van der Waals surface area contributed by atoms with E-state index in [4.69, 9.17) is 9.72 Å². The second-order valence-corrected chi connectivity index (χ2v) is 10.6. The van der Waals surface area contributed by atoms with Gasteiger partial charge in [-0.1, -0.05) is 44.3 Å². The van der Waals surface area contributed by atoms with E-state index in [9.17, 15) is 0 Å². The Kier molecular flexibility index (Phi) is 5.46. The minimum atomic E-state index is 0.455. The molecule has 3 aromatic heterocycles. The van der Waals surface area contributed by atoms with Gasteiger partial charge in [0.1, 0.15) is 4.83 Å². The molecule has 0 aliphatic heterocycles. The number of thioether (sulfide) groups is 2. The van der Waals surface area contributed by atoms with Gasteiger partial charge in [0.15, 0.2) is 16.0 Å². The van der Waals surface area contributed by atoms with Crippen LogP contribution in [-0.2, 0) is 11.2 Å². The monoisotopic (exact) mass is 408 g/mol. The molecule has 0 bridgehead atoms. The molecule has 26 heavy (non-hydrogen) atoms. The minimum absolute atomic E-state index is 0.455. The second-order valence-electron chi connectivity index (χ2n) is 6.96. The number of nitrogens with zero attached hydrogens (tertiary/aromatic N) is 4. The number of ether oxygens (including phenoxy) is 1. The quantitative estimate of drug-likeness (QED) is 0.324. The van der Waals surface area contributed by atoms with Crippen LogP contribution in [0.2, 0.25) is 0 Å². The summed E-state index contributed by atoms with van der Waals surface area (Å²) in [4.78, 5) is 7.69. The van der Waals surface area contributed by atoms with E-state index >= 15 is 0 Å². The summed E-state index contributed by atoms with van der Waals surface area (Å²) < 4.78 is 7.36. The van der Waals surface area contributed by atoms with Gasteiger partial charge >= 0.3 is 0 Å². The lowest BCUT2D eigenvalue weighted by Gasteiger charge is -2.18. The zero-order valence-electron chi connectivity index (χ0n) is 15.6. The normalized spacial score (nSPS) is 17.5. The van der Waals surface area contributed by atoms with Crippen molar-refractivity contribution in [2.45, 2.75) is 61.5 Å².